The molecule has 2 aromatic heterocycles. The highest BCUT2D eigenvalue weighted by Gasteiger charge is 2.35. The van der Waals surface area contributed by atoms with Gasteiger partial charge in [-0.3, -0.25) is 14.9 Å². The Labute approximate surface area is 149 Å². The molecule has 1 fully saturated rings. The first-order chi connectivity index (χ1) is 12.6. The fraction of sp³-hybridized carbons (Fsp3) is 0.333. The second kappa shape index (κ2) is 6.70. The van der Waals surface area contributed by atoms with Gasteiger partial charge in [0.1, 0.15) is 17.2 Å². The smallest absolute Gasteiger partial charge is 0.269 e. The van der Waals surface area contributed by atoms with Crippen LogP contribution in [0.2, 0.25) is 0 Å². The Morgan fingerprint density at radius 2 is 2.00 bits per heavy atom. The van der Waals surface area contributed by atoms with Crippen molar-refractivity contribution in [1.29, 1.82) is 0 Å². The van der Waals surface area contributed by atoms with Crippen molar-refractivity contribution < 1.29 is 9.18 Å². The van der Waals surface area contributed by atoms with Crippen LogP contribution in [0, 0.1) is 0 Å². The number of piperidine rings is 1. The van der Waals surface area contributed by atoms with Gasteiger partial charge in [0, 0.05) is 32.1 Å². The molecule has 0 bridgehead atoms. The highest BCUT2D eigenvalue weighted by atomic mass is 19.1. The standard InChI is InChI=1S/C18H19FN6O/c19-18(12-21-17(26)15-5-8-22-24-15)6-9-25(10-7-18)16-11-20-13-3-1-2-4-14(13)23-16/h1-5,8,11H,6-7,9-10,12H2,(H,21,26)(H,22,24). The van der Waals surface area contributed by atoms with Gasteiger partial charge in [-0.2, -0.15) is 5.10 Å². The van der Waals surface area contributed by atoms with E-state index in [4.69, 9.17) is 0 Å². The molecule has 1 aromatic carbocycles. The molecule has 3 aromatic rings. The Hall–Kier alpha value is -3.03. The number of amides is 1. The molecule has 1 amide bonds. The number of para-hydroxylation sites is 2. The van der Waals surface area contributed by atoms with Crippen LogP contribution in [0.15, 0.2) is 42.7 Å². The lowest BCUT2D eigenvalue weighted by Crippen LogP contribution is -2.48. The van der Waals surface area contributed by atoms with Gasteiger partial charge in [-0.25, -0.2) is 9.37 Å². The maximum absolute atomic E-state index is 15.0. The SMILES string of the molecule is O=C(NCC1(F)CCN(c2cnc3ccccc3n2)CC1)c1ccn[nH]1. The van der Waals surface area contributed by atoms with E-state index in [1.165, 1.54) is 6.20 Å². The van der Waals surface area contributed by atoms with E-state index < -0.39 is 5.67 Å². The Balaban J connectivity index is 1.37. The summed E-state index contributed by atoms with van der Waals surface area (Å²) in [6, 6.07) is 9.23. The number of fused-ring (bicyclic) bond motifs is 1. The predicted molar refractivity (Wildman–Crippen MR) is 95.7 cm³/mol. The number of carbonyl (C=O) groups is 1. The van der Waals surface area contributed by atoms with E-state index in [-0.39, 0.29) is 12.5 Å². The molecule has 0 atom stereocenters. The number of halogens is 1. The zero-order valence-corrected chi connectivity index (χ0v) is 14.2. The van der Waals surface area contributed by atoms with Crippen LogP contribution < -0.4 is 10.2 Å². The van der Waals surface area contributed by atoms with Crippen molar-refractivity contribution in [3.05, 3.63) is 48.4 Å². The van der Waals surface area contributed by atoms with E-state index in [0.717, 1.165) is 16.9 Å². The Morgan fingerprint density at radius 3 is 2.73 bits per heavy atom. The van der Waals surface area contributed by atoms with Gasteiger partial charge in [0.2, 0.25) is 0 Å². The summed E-state index contributed by atoms with van der Waals surface area (Å²) in [7, 11) is 0. The topological polar surface area (TPSA) is 86.8 Å². The van der Waals surface area contributed by atoms with E-state index >= 15 is 4.39 Å². The molecule has 1 aliphatic heterocycles. The summed E-state index contributed by atoms with van der Waals surface area (Å²) in [5.41, 5.74) is 0.581. The Bertz CT molecular complexity index is 905. The number of benzene rings is 1. The minimum absolute atomic E-state index is 0.0118. The Morgan fingerprint density at radius 1 is 1.23 bits per heavy atom. The number of carbonyl (C=O) groups excluding carboxylic acids is 1. The van der Waals surface area contributed by atoms with Crippen molar-refractivity contribution in [1.82, 2.24) is 25.5 Å². The molecule has 0 aliphatic carbocycles. The third-order valence-electron chi connectivity index (χ3n) is 4.73. The molecule has 0 radical (unpaired) electrons. The van der Waals surface area contributed by atoms with Crippen LogP contribution >= 0.6 is 0 Å². The third-order valence-corrected chi connectivity index (χ3v) is 4.73. The lowest BCUT2D eigenvalue weighted by molar-refractivity contribution is 0.0850. The molecular formula is C18H19FN6O. The number of nitrogens with one attached hydrogen (secondary N) is 2. The van der Waals surface area contributed by atoms with Gasteiger partial charge >= 0.3 is 0 Å². The summed E-state index contributed by atoms with van der Waals surface area (Å²) in [6.07, 6.45) is 3.87. The zero-order valence-electron chi connectivity index (χ0n) is 14.2. The van der Waals surface area contributed by atoms with Gasteiger partial charge in [0.05, 0.1) is 23.8 Å². The number of aromatic nitrogens is 4. The van der Waals surface area contributed by atoms with Gasteiger partial charge in [-0.05, 0) is 18.2 Å². The predicted octanol–water partition coefficient (Wildman–Crippen LogP) is 2.09. The Kier molecular flexibility index (Phi) is 4.24. The second-order valence-corrected chi connectivity index (χ2v) is 6.51. The maximum atomic E-state index is 15.0. The van der Waals surface area contributed by atoms with Crippen molar-refractivity contribution in [2.45, 2.75) is 18.5 Å². The van der Waals surface area contributed by atoms with Crippen molar-refractivity contribution in [2.75, 3.05) is 24.5 Å². The summed E-state index contributed by atoms with van der Waals surface area (Å²) >= 11 is 0. The first-order valence-corrected chi connectivity index (χ1v) is 8.56. The van der Waals surface area contributed by atoms with Crippen LogP contribution in [0.25, 0.3) is 11.0 Å². The van der Waals surface area contributed by atoms with Crippen molar-refractivity contribution in [2.24, 2.45) is 0 Å². The van der Waals surface area contributed by atoms with Crippen LogP contribution in [0.1, 0.15) is 23.3 Å². The number of hydrogen-bond acceptors (Lipinski definition) is 5. The van der Waals surface area contributed by atoms with Gasteiger partial charge in [-0.15, -0.1) is 0 Å². The summed E-state index contributed by atoms with van der Waals surface area (Å²) in [4.78, 5) is 23.0. The first kappa shape index (κ1) is 16.4. The minimum Gasteiger partial charge on any atom is -0.355 e. The van der Waals surface area contributed by atoms with E-state index in [1.54, 1.807) is 12.3 Å². The zero-order chi connectivity index (χ0) is 18.0. The summed E-state index contributed by atoms with van der Waals surface area (Å²) < 4.78 is 15.0. The van der Waals surface area contributed by atoms with Crippen LogP contribution in [0.4, 0.5) is 10.2 Å². The molecule has 1 saturated heterocycles. The van der Waals surface area contributed by atoms with Gasteiger partial charge in [-0.1, -0.05) is 12.1 Å². The fourth-order valence-corrected chi connectivity index (χ4v) is 3.13. The molecular weight excluding hydrogens is 335 g/mol. The molecule has 1 aliphatic rings. The van der Waals surface area contributed by atoms with Gasteiger partial charge in [0.15, 0.2) is 0 Å². The number of nitrogens with zero attached hydrogens (tertiary/aromatic N) is 4. The largest absolute Gasteiger partial charge is 0.355 e. The average molecular weight is 354 g/mol. The van der Waals surface area contributed by atoms with E-state index in [0.29, 0.717) is 31.6 Å². The number of hydrogen-bond donors (Lipinski definition) is 2. The number of rotatable bonds is 4. The molecule has 3 heterocycles. The average Bonchev–Trinajstić information content (AvgIpc) is 3.21. The van der Waals surface area contributed by atoms with Crippen LogP contribution in [0.5, 0.6) is 0 Å². The molecule has 0 saturated carbocycles. The number of aromatic amines is 1. The monoisotopic (exact) mass is 354 g/mol. The second-order valence-electron chi connectivity index (χ2n) is 6.51. The van der Waals surface area contributed by atoms with Crippen LogP contribution in [0.3, 0.4) is 0 Å². The van der Waals surface area contributed by atoms with Crippen LogP contribution in [-0.2, 0) is 0 Å². The molecule has 26 heavy (non-hydrogen) atoms. The lowest BCUT2D eigenvalue weighted by atomic mass is 9.93. The normalized spacial score (nSPS) is 16.6. The summed E-state index contributed by atoms with van der Waals surface area (Å²) in [5.74, 6) is 0.412. The van der Waals surface area contributed by atoms with E-state index in [9.17, 15) is 4.79 Å². The number of alkyl halides is 1. The molecule has 2 N–H and O–H groups in total. The number of H-pyrrole nitrogens is 1. The quantitative estimate of drug-likeness (QED) is 0.749. The van der Waals surface area contributed by atoms with Crippen LogP contribution in [-0.4, -0.2) is 51.4 Å². The van der Waals surface area contributed by atoms with E-state index in [1.807, 2.05) is 29.2 Å². The highest BCUT2D eigenvalue weighted by molar-refractivity contribution is 5.92. The molecule has 7 nitrogen and oxygen atoms in total. The van der Waals surface area contributed by atoms with E-state index in [2.05, 4.69) is 25.5 Å². The maximum Gasteiger partial charge on any atom is 0.269 e. The molecule has 0 spiro atoms. The highest BCUT2D eigenvalue weighted by Crippen LogP contribution is 2.28. The van der Waals surface area contributed by atoms with Crippen molar-refractivity contribution in [3.8, 4) is 0 Å². The fourth-order valence-electron chi connectivity index (χ4n) is 3.13. The third kappa shape index (κ3) is 3.35. The molecule has 8 heteroatoms. The van der Waals surface area contributed by atoms with Crippen molar-refractivity contribution in [3.63, 3.8) is 0 Å². The van der Waals surface area contributed by atoms with Gasteiger partial charge in [0.25, 0.3) is 5.91 Å². The van der Waals surface area contributed by atoms with Crippen molar-refractivity contribution >= 4 is 22.8 Å². The minimum atomic E-state index is -1.42. The summed E-state index contributed by atoms with van der Waals surface area (Å²) in [5, 5.41) is 8.94. The molecule has 134 valence electrons. The molecule has 4 rings (SSSR count). The number of anilines is 1. The lowest BCUT2D eigenvalue weighted by Gasteiger charge is -2.36. The summed E-state index contributed by atoms with van der Waals surface area (Å²) in [6.45, 7) is 1.05. The molecule has 0 unspecified atom stereocenters. The first-order valence-electron chi connectivity index (χ1n) is 8.56. The van der Waals surface area contributed by atoms with Gasteiger partial charge < -0.3 is 10.2 Å².